The first-order chi connectivity index (χ1) is 25.7. The van der Waals surface area contributed by atoms with Crippen LogP contribution < -0.4 is 0 Å². The van der Waals surface area contributed by atoms with Crippen molar-refractivity contribution in [2.24, 2.45) is 0 Å². The highest BCUT2D eigenvalue weighted by atomic mass is 15.0. The zero-order valence-electron chi connectivity index (χ0n) is 28.0. The summed E-state index contributed by atoms with van der Waals surface area (Å²) in [6, 6.07) is 63.1. The summed E-state index contributed by atoms with van der Waals surface area (Å²) in [5, 5.41) is 14.2. The summed E-state index contributed by atoms with van der Waals surface area (Å²) >= 11 is 0. The number of benzene rings is 7. The third kappa shape index (κ3) is 4.78. The van der Waals surface area contributed by atoms with Crippen molar-refractivity contribution >= 4 is 43.6 Å². The van der Waals surface area contributed by atoms with E-state index < -0.39 is 0 Å². The smallest absolute Gasteiger partial charge is 0.160 e. The zero-order chi connectivity index (χ0) is 34.6. The van der Waals surface area contributed by atoms with Gasteiger partial charge >= 0.3 is 0 Å². The molecule has 0 N–H and O–H groups in total. The second-order valence-electron chi connectivity index (χ2n) is 13.0. The van der Waals surface area contributed by atoms with Crippen LogP contribution in [0.2, 0.25) is 0 Å². The van der Waals surface area contributed by atoms with E-state index in [1.54, 1.807) is 0 Å². The van der Waals surface area contributed by atoms with Crippen molar-refractivity contribution < 1.29 is 0 Å². The Balaban J connectivity index is 1.20. The summed E-state index contributed by atoms with van der Waals surface area (Å²) in [5.41, 5.74) is 11.9. The molecule has 0 atom stereocenters. The van der Waals surface area contributed by atoms with Crippen LogP contribution in [0.15, 0.2) is 176 Å². The molecule has 0 aliphatic rings. The van der Waals surface area contributed by atoms with Crippen LogP contribution in [0.4, 0.5) is 0 Å². The van der Waals surface area contributed by atoms with Crippen LogP contribution in [0.3, 0.4) is 0 Å². The van der Waals surface area contributed by atoms with Gasteiger partial charge in [-0.05, 0) is 66.7 Å². The van der Waals surface area contributed by atoms with Crippen LogP contribution in [0.25, 0.3) is 88.9 Å². The average molecular weight is 664 g/mol. The SMILES string of the molecule is N#Cc1ccc(-c2cc(-c3ccccc3)nc(-c3cccc(-n4c5ccccc5c5cc6c(cc54)c4ccccc4n6-c4ccccc4)c3)n2)cc1. The molecular weight excluding hydrogens is 635 g/mol. The van der Waals surface area contributed by atoms with E-state index in [1.807, 2.05) is 48.5 Å². The second kappa shape index (κ2) is 11.9. The van der Waals surface area contributed by atoms with Gasteiger partial charge in [0, 0.05) is 49.6 Å². The fourth-order valence-electron chi connectivity index (χ4n) is 7.54. The Morgan fingerprint density at radius 1 is 0.385 bits per heavy atom. The molecule has 5 nitrogen and oxygen atoms in total. The van der Waals surface area contributed by atoms with Crippen molar-refractivity contribution in [3.8, 4) is 51.3 Å². The maximum absolute atomic E-state index is 9.39. The maximum atomic E-state index is 9.39. The van der Waals surface area contributed by atoms with E-state index >= 15 is 0 Å². The van der Waals surface area contributed by atoms with Gasteiger partial charge in [-0.3, -0.25) is 0 Å². The fourth-order valence-corrected chi connectivity index (χ4v) is 7.54. The molecule has 0 radical (unpaired) electrons. The molecule has 0 amide bonds. The van der Waals surface area contributed by atoms with Crippen molar-refractivity contribution in [1.82, 2.24) is 19.1 Å². The van der Waals surface area contributed by atoms with Crippen molar-refractivity contribution in [3.63, 3.8) is 0 Å². The second-order valence-corrected chi connectivity index (χ2v) is 13.0. The van der Waals surface area contributed by atoms with Crippen LogP contribution >= 0.6 is 0 Å². The van der Waals surface area contributed by atoms with Gasteiger partial charge in [0.05, 0.1) is 45.1 Å². The number of nitrogens with zero attached hydrogens (tertiary/aromatic N) is 5. The first-order valence-corrected chi connectivity index (χ1v) is 17.3. The largest absolute Gasteiger partial charge is 0.309 e. The van der Waals surface area contributed by atoms with E-state index in [0.29, 0.717) is 11.4 Å². The lowest BCUT2D eigenvalue weighted by Gasteiger charge is -2.12. The molecule has 3 heterocycles. The summed E-state index contributed by atoms with van der Waals surface area (Å²) < 4.78 is 4.74. The van der Waals surface area contributed by atoms with Gasteiger partial charge in [0.25, 0.3) is 0 Å². The van der Waals surface area contributed by atoms with Gasteiger partial charge in [-0.2, -0.15) is 5.26 Å². The number of hydrogen-bond acceptors (Lipinski definition) is 3. The number of hydrogen-bond donors (Lipinski definition) is 0. The van der Waals surface area contributed by atoms with Gasteiger partial charge in [-0.15, -0.1) is 0 Å². The molecule has 3 aromatic heterocycles. The number of rotatable bonds is 5. The predicted molar refractivity (Wildman–Crippen MR) is 212 cm³/mol. The van der Waals surface area contributed by atoms with E-state index in [1.165, 1.54) is 32.6 Å². The highest BCUT2D eigenvalue weighted by Crippen LogP contribution is 2.40. The molecule has 0 bridgehead atoms. The monoisotopic (exact) mass is 663 g/mol. The van der Waals surface area contributed by atoms with E-state index in [-0.39, 0.29) is 0 Å². The molecule has 0 unspecified atom stereocenters. The molecule has 0 saturated heterocycles. The number of aromatic nitrogens is 4. The molecule has 5 heteroatoms. The molecule has 10 rings (SSSR count). The van der Waals surface area contributed by atoms with Crippen molar-refractivity contribution in [2.45, 2.75) is 0 Å². The van der Waals surface area contributed by atoms with Gasteiger partial charge in [0.2, 0.25) is 0 Å². The third-order valence-corrected chi connectivity index (χ3v) is 9.95. The summed E-state index contributed by atoms with van der Waals surface area (Å²) in [6.45, 7) is 0. The number of fused-ring (bicyclic) bond motifs is 6. The Morgan fingerprint density at radius 2 is 0.885 bits per heavy atom. The molecule has 242 valence electrons. The Labute approximate surface area is 299 Å². The van der Waals surface area contributed by atoms with E-state index in [2.05, 4.69) is 143 Å². The molecule has 0 spiro atoms. The number of nitriles is 1. The summed E-state index contributed by atoms with van der Waals surface area (Å²) in [7, 11) is 0. The molecule has 0 saturated carbocycles. The summed E-state index contributed by atoms with van der Waals surface area (Å²) in [6.07, 6.45) is 0. The van der Waals surface area contributed by atoms with E-state index in [0.717, 1.165) is 50.5 Å². The summed E-state index contributed by atoms with van der Waals surface area (Å²) in [5.74, 6) is 0.636. The van der Waals surface area contributed by atoms with Crippen LogP contribution in [-0.2, 0) is 0 Å². The minimum absolute atomic E-state index is 0.613. The zero-order valence-corrected chi connectivity index (χ0v) is 28.0. The van der Waals surface area contributed by atoms with Crippen LogP contribution in [-0.4, -0.2) is 19.1 Å². The van der Waals surface area contributed by atoms with Gasteiger partial charge in [0.15, 0.2) is 5.82 Å². The molecule has 0 fully saturated rings. The highest BCUT2D eigenvalue weighted by molar-refractivity contribution is 6.19. The van der Waals surface area contributed by atoms with Crippen molar-refractivity contribution in [3.05, 3.63) is 181 Å². The first kappa shape index (κ1) is 29.6. The first-order valence-electron chi connectivity index (χ1n) is 17.3. The Hall–Kier alpha value is -7.29. The lowest BCUT2D eigenvalue weighted by molar-refractivity contribution is 1.16. The quantitative estimate of drug-likeness (QED) is 0.184. The number of para-hydroxylation sites is 3. The molecule has 7 aromatic carbocycles. The minimum atomic E-state index is 0.613. The van der Waals surface area contributed by atoms with Crippen LogP contribution in [0, 0.1) is 11.3 Å². The maximum Gasteiger partial charge on any atom is 0.160 e. The van der Waals surface area contributed by atoms with Crippen LogP contribution in [0.5, 0.6) is 0 Å². The topological polar surface area (TPSA) is 59.4 Å². The molecule has 52 heavy (non-hydrogen) atoms. The predicted octanol–water partition coefficient (Wildman–Crippen LogP) is 11.5. The Morgan fingerprint density at radius 3 is 1.50 bits per heavy atom. The third-order valence-electron chi connectivity index (χ3n) is 9.95. The minimum Gasteiger partial charge on any atom is -0.309 e. The van der Waals surface area contributed by atoms with Crippen LogP contribution in [0.1, 0.15) is 5.56 Å². The molecule has 0 aliphatic carbocycles. The van der Waals surface area contributed by atoms with Gasteiger partial charge in [0.1, 0.15) is 0 Å². The molecule has 0 aliphatic heterocycles. The Bertz CT molecular complexity index is 3000. The standard InChI is InChI=1S/C47H29N5/c48-30-31-22-24-33(25-23-31)42-29-41(32-12-3-1-4-13-32)49-47(50-42)34-14-11-17-36(26-34)52-44-21-10-8-19-38(44)40-27-45-39(28-46(40)52)37-18-7-9-20-43(37)51(45)35-15-5-2-6-16-35/h1-29H. The fraction of sp³-hybridized carbons (Fsp3) is 0. The highest BCUT2D eigenvalue weighted by Gasteiger charge is 2.19. The lowest BCUT2D eigenvalue weighted by Crippen LogP contribution is -1.98. The van der Waals surface area contributed by atoms with Gasteiger partial charge in [-0.1, -0.05) is 109 Å². The van der Waals surface area contributed by atoms with Gasteiger partial charge in [-0.25, -0.2) is 9.97 Å². The van der Waals surface area contributed by atoms with E-state index in [4.69, 9.17) is 9.97 Å². The average Bonchev–Trinajstić information content (AvgIpc) is 3.72. The Kier molecular flexibility index (Phi) is 6.80. The normalized spacial score (nSPS) is 11.4. The lowest BCUT2D eigenvalue weighted by atomic mass is 10.1. The van der Waals surface area contributed by atoms with Crippen molar-refractivity contribution in [1.29, 1.82) is 5.26 Å². The molecular formula is C47H29N5. The van der Waals surface area contributed by atoms with Gasteiger partial charge < -0.3 is 9.13 Å². The molecule has 10 aromatic rings. The van der Waals surface area contributed by atoms with E-state index in [9.17, 15) is 5.26 Å². The summed E-state index contributed by atoms with van der Waals surface area (Å²) in [4.78, 5) is 10.2. The van der Waals surface area contributed by atoms with Crippen molar-refractivity contribution in [2.75, 3.05) is 0 Å².